The van der Waals surface area contributed by atoms with E-state index in [-0.39, 0.29) is 17.9 Å². The van der Waals surface area contributed by atoms with Crippen molar-refractivity contribution in [2.75, 3.05) is 6.61 Å². The first kappa shape index (κ1) is 26.9. The standard InChI is InChI=1S/C28H31ClN8O2/c1-27(2,3)15-28(20-8-5-18(6-9-20)24-32-11-4-12-33-24)25(39)37(26(30)35-28)23(14-38)19-7-10-21(29)22(13-19)36-17-31-16-34-36/h4-13,16-17,23,26,35,38H,14-15,30H2,1-3H3/t23-,26?,28-/m1/s1. The summed E-state index contributed by atoms with van der Waals surface area (Å²) in [5.41, 5.74) is 8.13. The first-order valence-corrected chi connectivity index (χ1v) is 13.0. The minimum Gasteiger partial charge on any atom is -0.394 e. The highest BCUT2D eigenvalue weighted by atomic mass is 35.5. The maximum absolute atomic E-state index is 14.4. The minimum absolute atomic E-state index is 0.218. The van der Waals surface area contributed by atoms with Gasteiger partial charge in [-0.3, -0.25) is 15.8 Å². The quantitative estimate of drug-likeness (QED) is 0.321. The van der Waals surface area contributed by atoms with Crippen molar-refractivity contribution in [1.29, 1.82) is 0 Å². The molecule has 4 N–H and O–H groups in total. The Hall–Kier alpha value is -3.70. The summed E-state index contributed by atoms with van der Waals surface area (Å²) in [4.78, 5) is 28.6. The second kappa shape index (κ2) is 10.5. The molecule has 1 aliphatic heterocycles. The van der Waals surface area contributed by atoms with Crippen LogP contribution >= 0.6 is 11.6 Å². The molecule has 2 aromatic carbocycles. The average Bonchev–Trinajstić information content (AvgIpc) is 3.53. The Morgan fingerprint density at radius 1 is 1.15 bits per heavy atom. The van der Waals surface area contributed by atoms with Crippen LogP contribution in [0.4, 0.5) is 0 Å². The number of nitrogens with two attached hydrogens (primary N) is 1. The molecule has 0 radical (unpaired) electrons. The van der Waals surface area contributed by atoms with Crippen molar-refractivity contribution in [3.63, 3.8) is 0 Å². The third-order valence-electron chi connectivity index (χ3n) is 6.82. The molecule has 3 heterocycles. The van der Waals surface area contributed by atoms with Crippen LogP contribution in [0.5, 0.6) is 0 Å². The summed E-state index contributed by atoms with van der Waals surface area (Å²) in [5.74, 6) is 0.383. The number of rotatable bonds is 7. The third kappa shape index (κ3) is 5.16. The number of carbonyl (C=O) groups is 1. The number of aromatic nitrogens is 5. The first-order chi connectivity index (χ1) is 18.6. The SMILES string of the molecule is CC(C)(C)C[C@]1(c2ccc(-c3ncccn3)cc2)NC(N)N([C@H](CO)c2ccc(Cl)c(-n3cncn3)c2)C1=O. The zero-order chi connectivity index (χ0) is 27.8. The highest BCUT2D eigenvalue weighted by Gasteiger charge is 2.54. The number of carbonyl (C=O) groups excluding carboxylic acids is 1. The van der Waals surface area contributed by atoms with E-state index in [1.165, 1.54) is 22.2 Å². The molecule has 1 aliphatic rings. The van der Waals surface area contributed by atoms with Gasteiger partial charge in [-0.1, -0.05) is 62.7 Å². The summed E-state index contributed by atoms with van der Waals surface area (Å²) >= 11 is 6.43. The molecule has 202 valence electrons. The number of benzene rings is 2. The summed E-state index contributed by atoms with van der Waals surface area (Å²) in [5, 5.41) is 18.6. The fourth-order valence-corrected chi connectivity index (χ4v) is 5.45. The molecule has 1 unspecified atom stereocenters. The van der Waals surface area contributed by atoms with Crippen LogP contribution in [0.1, 0.15) is 44.4 Å². The predicted octanol–water partition coefficient (Wildman–Crippen LogP) is 3.42. The lowest BCUT2D eigenvalue weighted by Gasteiger charge is -2.35. The maximum Gasteiger partial charge on any atom is 0.250 e. The van der Waals surface area contributed by atoms with Gasteiger partial charge in [0.05, 0.1) is 23.4 Å². The number of hydrogen-bond acceptors (Lipinski definition) is 8. The smallest absolute Gasteiger partial charge is 0.250 e. The lowest BCUT2D eigenvalue weighted by molar-refractivity contribution is -0.137. The van der Waals surface area contributed by atoms with Crippen LogP contribution in [0.25, 0.3) is 17.1 Å². The van der Waals surface area contributed by atoms with Crippen LogP contribution in [-0.2, 0) is 10.3 Å². The lowest BCUT2D eigenvalue weighted by atomic mass is 9.75. The van der Waals surface area contributed by atoms with Gasteiger partial charge in [0.2, 0.25) is 5.91 Å². The van der Waals surface area contributed by atoms with E-state index in [1.54, 1.807) is 36.7 Å². The van der Waals surface area contributed by atoms with Crippen LogP contribution in [0.3, 0.4) is 0 Å². The summed E-state index contributed by atoms with van der Waals surface area (Å²) < 4.78 is 1.53. The van der Waals surface area contributed by atoms with E-state index in [9.17, 15) is 9.90 Å². The molecule has 4 aromatic rings. The van der Waals surface area contributed by atoms with Crippen molar-refractivity contribution in [2.24, 2.45) is 11.1 Å². The molecule has 0 saturated carbocycles. The molecule has 10 nitrogen and oxygen atoms in total. The predicted molar refractivity (Wildman–Crippen MR) is 147 cm³/mol. The monoisotopic (exact) mass is 546 g/mol. The number of nitrogens with zero attached hydrogens (tertiary/aromatic N) is 6. The van der Waals surface area contributed by atoms with Crippen molar-refractivity contribution in [3.05, 3.63) is 89.7 Å². The second-order valence-corrected chi connectivity index (χ2v) is 11.3. The van der Waals surface area contributed by atoms with Gasteiger partial charge >= 0.3 is 0 Å². The van der Waals surface area contributed by atoms with Crippen molar-refractivity contribution >= 4 is 17.5 Å². The number of nitrogens with one attached hydrogen (secondary N) is 1. The molecule has 0 aliphatic carbocycles. The Kier molecular flexibility index (Phi) is 7.21. The van der Waals surface area contributed by atoms with E-state index in [2.05, 4.69) is 46.1 Å². The summed E-state index contributed by atoms with van der Waals surface area (Å²) in [6.45, 7) is 5.90. The number of halogens is 1. The number of hydrogen-bond donors (Lipinski definition) is 3. The van der Waals surface area contributed by atoms with Gasteiger partial charge in [0.25, 0.3) is 0 Å². The second-order valence-electron chi connectivity index (χ2n) is 10.8. The number of aliphatic hydroxyl groups excluding tert-OH is 1. The lowest BCUT2D eigenvalue weighted by Crippen LogP contribution is -2.49. The van der Waals surface area contributed by atoms with Crippen molar-refractivity contribution in [3.8, 4) is 17.1 Å². The van der Waals surface area contributed by atoms with E-state index >= 15 is 0 Å². The first-order valence-electron chi connectivity index (χ1n) is 12.6. The molecule has 2 aromatic heterocycles. The Balaban J connectivity index is 1.54. The van der Waals surface area contributed by atoms with Crippen molar-refractivity contribution in [1.82, 2.24) is 34.9 Å². The van der Waals surface area contributed by atoms with E-state index in [0.29, 0.717) is 28.5 Å². The molecule has 11 heteroatoms. The van der Waals surface area contributed by atoms with Gasteiger partial charge in [-0.15, -0.1) is 0 Å². The van der Waals surface area contributed by atoms with Crippen LogP contribution in [0, 0.1) is 5.41 Å². The summed E-state index contributed by atoms with van der Waals surface area (Å²) in [7, 11) is 0. The van der Waals surface area contributed by atoms with Crippen LogP contribution in [-0.4, -0.2) is 53.5 Å². The van der Waals surface area contributed by atoms with Crippen LogP contribution < -0.4 is 11.1 Å². The highest BCUT2D eigenvalue weighted by molar-refractivity contribution is 6.32. The third-order valence-corrected chi connectivity index (χ3v) is 7.14. The molecule has 1 saturated heterocycles. The molecule has 0 spiro atoms. The fraction of sp³-hybridized carbons (Fsp3) is 0.321. The molecular formula is C28H31ClN8O2. The molecular weight excluding hydrogens is 516 g/mol. The normalized spacial score (nSPS) is 20.4. The highest BCUT2D eigenvalue weighted by Crippen LogP contribution is 2.43. The Bertz CT molecular complexity index is 1440. The molecule has 39 heavy (non-hydrogen) atoms. The minimum atomic E-state index is -1.11. The summed E-state index contributed by atoms with van der Waals surface area (Å²) in [6.07, 6.45) is 5.96. The number of amides is 1. The van der Waals surface area contributed by atoms with Gasteiger partial charge in [-0.2, -0.15) is 5.10 Å². The molecule has 0 bridgehead atoms. The molecule has 3 atom stereocenters. The molecule has 5 rings (SSSR count). The van der Waals surface area contributed by atoms with Gasteiger partial charge in [-0.05, 0) is 41.2 Å². The van der Waals surface area contributed by atoms with Gasteiger partial charge < -0.3 is 10.0 Å². The summed E-state index contributed by atoms with van der Waals surface area (Å²) in [6, 6.07) is 14.0. The van der Waals surface area contributed by atoms with Crippen molar-refractivity contribution < 1.29 is 9.90 Å². The van der Waals surface area contributed by atoms with Crippen molar-refractivity contribution in [2.45, 2.75) is 45.1 Å². The maximum atomic E-state index is 14.4. The zero-order valence-electron chi connectivity index (χ0n) is 22.0. The van der Waals surface area contributed by atoms with E-state index < -0.39 is 17.9 Å². The van der Waals surface area contributed by atoms with Crippen LogP contribution in [0.15, 0.2) is 73.6 Å². The van der Waals surface area contributed by atoms with Gasteiger partial charge in [-0.25, -0.2) is 19.6 Å². The van der Waals surface area contributed by atoms with Crippen LogP contribution in [0.2, 0.25) is 5.02 Å². The Morgan fingerprint density at radius 3 is 2.49 bits per heavy atom. The zero-order valence-corrected chi connectivity index (χ0v) is 22.7. The molecule has 1 amide bonds. The van der Waals surface area contributed by atoms with Gasteiger partial charge in [0, 0.05) is 18.0 Å². The topological polar surface area (TPSA) is 135 Å². The average molecular weight is 547 g/mol. The Morgan fingerprint density at radius 2 is 1.87 bits per heavy atom. The Labute approximate surface area is 231 Å². The number of aliphatic hydroxyl groups is 1. The van der Waals surface area contributed by atoms with E-state index in [0.717, 1.165) is 11.1 Å². The van der Waals surface area contributed by atoms with E-state index in [4.69, 9.17) is 17.3 Å². The fourth-order valence-electron chi connectivity index (χ4n) is 5.25. The van der Waals surface area contributed by atoms with Gasteiger partial charge in [0.1, 0.15) is 24.5 Å². The van der Waals surface area contributed by atoms with E-state index in [1.807, 2.05) is 24.3 Å². The van der Waals surface area contributed by atoms with Gasteiger partial charge in [0.15, 0.2) is 5.82 Å². The molecule has 1 fully saturated rings. The largest absolute Gasteiger partial charge is 0.394 e.